The van der Waals surface area contributed by atoms with E-state index in [2.05, 4.69) is 20.3 Å². The zero-order valence-electron chi connectivity index (χ0n) is 13.4. The van der Waals surface area contributed by atoms with Crippen molar-refractivity contribution in [1.29, 1.82) is 0 Å². The molecular weight excluding hydrogens is 381 g/mol. The van der Waals surface area contributed by atoms with Crippen LogP contribution in [0.15, 0.2) is 30.6 Å². The second-order valence-electron chi connectivity index (χ2n) is 5.93. The van der Waals surface area contributed by atoms with Crippen LogP contribution >= 0.6 is 23.4 Å². The predicted octanol–water partition coefficient (Wildman–Crippen LogP) is 2.20. The van der Waals surface area contributed by atoms with Crippen molar-refractivity contribution in [3.05, 3.63) is 47.3 Å². The first-order valence-corrected chi connectivity index (χ1v) is 9.32. The van der Waals surface area contributed by atoms with Gasteiger partial charge in [0, 0.05) is 12.3 Å². The van der Waals surface area contributed by atoms with Gasteiger partial charge in [0.25, 0.3) is 0 Å². The standard InChI is InChI=1S/C16H15ClFN5O2S/c17-16-21-13(19-5-8-2-1-3-9(18)4-8)11-14(22-16)23(7-20-11)15-12(25)10(24)6-26-15/h1-4,7,10,12,15,24-25H,5-6H2,(H,19,21,22)/t10-,12?,15+/m0/s1. The Hall–Kier alpha value is -1.94. The van der Waals surface area contributed by atoms with Gasteiger partial charge >= 0.3 is 0 Å². The fourth-order valence-corrected chi connectivity index (χ4v) is 4.31. The van der Waals surface area contributed by atoms with E-state index in [0.717, 1.165) is 5.56 Å². The van der Waals surface area contributed by atoms with Crippen molar-refractivity contribution in [2.75, 3.05) is 11.1 Å². The highest BCUT2D eigenvalue weighted by atomic mass is 35.5. The molecule has 2 aromatic heterocycles. The van der Waals surface area contributed by atoms with Crippen LogP contribution in [0.4, 0.5) is 10.2 Å². The Balaban J connectivity index is 1.66. The molecule has 1 aliphatic heterocycles. The Bertz CT molecular complexity index is 956. The summed E-state index contributed by atoms with van der Waals surface area (Å²) in [6.45, 7) is 0.340. The normalized spacial score (nSPS) is 22.8. The van der Waals surface area contributed by atoms with Crippen LogP contribution in [-0.4, -0.2) is 47.7 Å². The molecule has 3 atom stereocenters. The summed E-state index contributed by atoms with van der Waals surface area (Å²) in [5.41, 5.74) is 1.69. The zero-order valence-corrected chi connectivity index (χ0v) is 15.0. The Morgan fingerprint density at radius 2 is 2.19 bits per heavy atom. The van der Waals surface area contributed by atoms with Crippen molar-refractivity contribution < 1.29 is 14.6 Å². The number of hydrogen-bond donors (Lipinski definition) is 3. The number of aliphatic hydroxyl groups excluding tert-OH is 2. The van der Waals surface area contributed by atoms with Gasteiger partial charge in [0.15, 0.2) is 17.0 Å². The second kappa shape index (κ2) is 6.99. The Labute approximate surface area is 157 Å². The Morgan fingerprint density at radius 1 is 1.35 bits per heavy atom. The summed E-state index contributed by atoms with van der Waals surface area (Å²) in [6, 6.07) is 6.23. The minimum Gasteiger partial charge on any atom is -0.389 e. The summed E-state index contributed by atoms with van der Waals surface area (Å²) in [6.07, 6.45) is -0.178. The van der Waals surface area contributed by atoms with E-state index in [4.69, 9.17) is 11.6 Å². The molecule has 136 valence electrons. The number of nitrogens with zero attached hydrogens (tertiary/aromatic N) is 4. The topological polar surface area (TPSA) is 96.1 Å². The average Bonchev–Trinajstić information content (AvgIpc) is 3.17. The molecule has 10 heteroatoms. The largest absolute Gasteiger partial charge is 0.389 e. The lowest BCUT2D eigenvalue weighted by Gasteiger charge is -2.17. The molecule has 0 aliphatic carbocycles. The fraction of sp³-hybridized carbons (Fsp3) is 0.312. The highest BCUT2D eigenvalue weighted by molar-refractivity contribution is 7.99. The molecular formula is C16H15ClFN5O2S. The van der Waals surface area contributed by atoms with Gasteiger partial charge in [-0.15, -0.1) is 11.8 Å². The third kappa shape index (κ3) is 3.23. The van der Waals surface area contributed by atoms with Crippen molar-refractivity contribution >= 4 is 40.3 Å². The molecule has 1 unspecified atom stereocenters. The van der Waals surface area contributed by atoms with Crippen molar-refractivity contribution in [3.8, 4) is 0 Å². The third-order valence-corrected chi connectivity index (χ3v) is 5.69. The monoisotopic (exact) mass is 395 g/mol. The van der Waals surface area contributed by atoms with Gasteiger partial charge in [-0.05, 0) is 29.3 Å². The van der Waals surface area contributed by atoms with E-state index in [1.807, 2.05) is 0 Å². The first kappa shape index (κ1) is 17.5. The SMILES string of the molecule is OC1[C@H](n2cnc3c(NCc4cccc(F)c4)nc(Cl)nc32)SC[C@@H]1O. The number of hydrogen-bond acceptors (Lipinski definition) is 7. The Morgan fingerprint density at radius 3 is 2.92 bits per heavy atom. The van der Waals surface area contributed by atoms with Gasteiger partial charge in [-0.2, -0.15) is 9.97 Å². The first-order valence-electron chi connectivity index (χ1n) is 7.89. The van der Waals surface area contributed by atoms with Gasteiger partial charge in [0.1, 0.15) is 17.3 Å². The van der Waals surface area contributed by atoms with Crippen LogP contribution in [0, 0.1) is 5.82 Å². The number of nitrogens with one attached hydrogen (secondary N) is 1. The van der Waals surface area contributed by atoms with Crippen LogP contribution in [0.2, 0.25) is 5.28 Å². The summed E-state index contributed by atoms with van der Waals surface area (Å²) in [5, 5.41) is 22.7. The first-order chi connectivity index (χ1) is 12.5. The fourth-order valence-electron chi connectivity index (χ4n) is 2.86. The number of imidazole rings is 1. The lowest BCUT2D eigenvalue weighted by Crippen LogP contribution is -2.27. The molecule has 3 N–H and O–H groups in total. The van der Waals surface area contributed by atoms with Crippen LogP contribution in [-0.2, 0) is 6.54 Å². The van der Waals surface area contributed by atoms with Gasteiger partial charge in [0.2, 0.25) is 5.28 Å². The van der Waals surface area contributed by atoms with Crippen LogP contribution < -0.4 is 5.32 Å². The third-order valence-electron chi connectivity index (χ3n) is 4.14. The zero-order chi connectivity index (χ0) is 18.3. The lowest BCUT2D eigenvalue weighted by molar-refractivity contribution is 0.0313. The minimum absolute atomic E-state index is 0.0269. The van der Waals surface area contributed by atoms with Crippen molar-refractivity contribution in [2.45, 2.75) is 24.1 Å². The molecule has 4 rings (SSSR count). The molecule has 0 amide bonds. The number of halogens is 2. The molecule has 0 bridgehead atoms. The number of aliphatic hydroxyl groups is 2. The molecule has 7 nitrogen and oxygen atoms in total. The number of thioether (sulfide) groups is 1. The number of rotatable bonds is 4. The lowest BCUT2D eigenvalue weighted by atomic mass is 10.2. The summed E-state index contributed by atoms with van der Waals surface area (Å²) >= 11 is 7.46. The molecule has 1 aromatic carbocycles. The summed E-state index contributed by atoms with van der Waals surface area (Å²) in [4.78, 5) is 12.7. The molecule has 0 spiro atoms. The number of anilines is 1. The van der Waals surface area contributed by atoms with Gasteiger partial charge in [0.05, 0.1) is 12.4 Å². The average molecular weight is 396 g/mol. The van der Waals surface area contributed by atoms with Gasteiger partial charge in [-0.1, -0.05) is 12.1 Å². The quantitative estimate of drug-likeness (QED) is 0.583. The predicted molar refractivity (Wildman–Crippen MR) is 97.6 cm³/mol. The van der Waals surface area contributed by atoms with Crippen LogP contribution in [0.3, 0.4) is 0 Å². The molecule has 0 radical (unpaired) electrons. The molecule has 1 fully saturated rings. The number of benzene rings is 1. The van der Waals surface area contributed by atoms with Crippen molar-refractivity contribution in [1.82, 2.24) is 19.5 Å². The minimum atomic E-state index is -0.921. The van der Waals surface area contributed by atoms with Crippen LogP contribution in [0.5, 0.6) is 0 Å². The summed E-state index contributed by atoms with van der Waals surface area (Å²) in [7, 11) is 0. The molecule has 26 heavy (non-hydrogen) atoms. The molecule has 0 saturated carbocycles. The van der Waals surface area contributed by atoms with E-state index < -0.39 is 17.6 Å². The number of fused-ring (bicyclic) bond motifs is 1. The molecule has 1 aliphatic rings. The second-order valence-corrected chi connectivity index (χ2v) is 7.42. The highest BCUT2D eigenvalue weighted by Gasteiger charge is 2.36. The molecule has 3 heterocycles. The van der Waals surface area contributed by atoms with Gasteiger partial charge in [-0.25, -0.2) is 9.37 Å². The van der Waals surface area contributed by atoms with E-state index >= 15 is 0 Å². The van der Waals surface area contributed by atoms with E-state index in [-0.39, 0.29) is 11.1 Å². The van der Waals surface area contributed by atoms with Crippen LogP contribution in [0.1, 0.15) is 10.9 Å². The maximum Gasteiger partial charge on any atom is 0.226 e. The van der Waals surface area contributed by atoms with Gasteiger partial charge in [-0.3, -0.25) is 4.57 Å². The van der Waals surface area contributed by atoms with E-state index in [9.17, 15) is 14.6 Å². The van der Waals surface area contributed by atoms with Crippen molar-refractivity contribution in [2.24, 2.45) is 0 Å². The summed E-state index contributed by atoms with van der Waals surface area (Å²) in [5.74, 6) is 0.529. The Kier molecular flexibility index (Phi) is 4.70. The smallest absolute Gasteiger partial charge is 0.226 e. The van der Waals surface area contributed by atoms with Gasteiger partial charge < -0.3 is 15.5 Å². The van der Waals surface area contributed by atoms with Crippen molar-refractivity contribution in [3.63, 3.8) is 0 Å². The summed E-state index contributed by atoms with van der Waals surface area (Å²) < 4.78 is 15.0. The van der Waals surface area contributed by atoms with Crippen LogP contribution in [0.25, 0.3) is 11.2 Å². The van der Waals surface area contributed by atoms with E-state index in [1.54, 1.807) is 23.0 Å². The van der Waals surface area contributed by atoms with E-state index in [1.165, 1.54) is 23.9 Å². The van der Waals surface area contributed by atoms with E-state index in [0.29, 0.717) is 29.3 Å². The maximum atomic E-state index is 13.3. The highest BCUT2D eigenvalue weighted by Crippen LogP contribution is 2.38. The molecule has 3 aromatic rings. The maximum absolute atomic E-state index is 13.3. The molecule has 1 saturated heterocycles. The number of aromatic nitrogens is 4.